The van der Waals surface area contributed by atoms with Crippen LogP contribution in [0.4, 0.5) is 0 Å². The Labute approximate surface area is 169 Å². The summed E-state index contributed by atoms with van der Waals surface area (Å²) in [5, 5.41) is 12.1. The molecule has 154 valence electrons. The van der Waals surface area contributed by atoms with E-state index in [0.717, 1.165) is 25.7 Å². The summed E-state index contributed by atoms with van der Waals surface area (Å²) in [7, 11) is 0. The van der Waals surface area contributed by atoms with Crippen LogP contribution in [0.15, 0.2) is 42.5 Å². The fourth-order valence-electron chi connectivity index (χ4n) is 4.02. The van der Waals surface area contributed by atoms with Crippen LogP contribution in [0.1, 0.15) is 76.2 Å². The number of hydrogen-bond donors (Lipinski definition) is 2. The first kappa shape index (κ1) is 22.2. The molecular formula is C24H35NO3. The van der Waals surface area contributed by atoms with Gasteiger partial charge >= 0.3 is 5.97 Å². The van der Waals surface area contributed by atoms with E-state index < -0.39 is 5.97 Å². The van der Waals surface area contributed by atoms with Gasteiger partial charge in [0.05, 0.1) is 0 Å². The van der Waals surface area contributed by atoms with E-state index >= 15 is 0 Å². The normalized spacial score (nSPS) is 16.1. The van der Waals surface area contributed by atoms with E-state index in [2.05, 4.69) is 41.7 Å². The number of nitrogens with one attached hydrogen (secondary N) is 1. The van der Waals surface area contributed by atoms with Crippen molar-refractivity contribution >= 4 is 11.9 Å². The Morgan fingerprint density at radius 1 is 1.04 bits per heavy atom. The highest BCUT2D eigenvalue weighted by atomic mass is 16.4. The quantitative estimate of drug-likeness (QED) is 0.481. The van der Waals surface area contributed by atoms with Gasteiger partial charge in [-0.25, -0.2) is 0 Å². The van der Waals surface area contributed by atoms with E-state index in [0.29, 0.717) is 18.8 Å². The fraction of sp³-hybridized carbons (Fsp3) is 0.583. The van der Waals surface area contributed by atoms with Crippen LogP contribution in [-0.4, -0.2) is 23.0 Å². The van der Waals surface area contributed by atoms with Gasteiger partial charge in [0, 0.05) is 18.9 Å². The molecule has 1 fully saturated rings. The molecule has 1 atom stereocenters. The number of aryl methyl sites for hydroxylation is 1. The number of amides is 1. The molecule has 1 aromatic carbocycles. The molecule has 28 heavy (non-hydrogen) atoms. The van der Waals surface area contributed by atoms with Crippen molar-refractivity contribution in [3.8, 4) is 0 Å². The lowest BCUT2D eigenvalue weighted by Crippen LogP contribution is -2.37. The highest BCUT2D eigenvalue weighted by molar-refractivity contribution is 5.76. The molecule has 2 N–H and O–H groups in total. The van der Waals surface area contributed by atoms with Gasteiger partial charge in [-0.05, 0) is 43.6 Å². The maximum absolute atomic E-state index is 12.3. The summed E-state index contributed by atoms with van der Waals surface area (Å²) in [6.45, 7) is 0. The van der Waals surface area contributed by atoms with Gasteiger partial charge in [0.2, 0.25) is 5.91 Å². The average Bonchev–Trinajstić information content (AvgIpc) is 2.70. The Hall–Kier alpha value is -2.10. The largest absolute Gasteiger partial charge is 0.481 e. The van der Waals surface area contributed by atoms with Crippen molar-refractivity contribution in [2.45, 2.75) is 83.1 Å². The van der Waals surface area contributed by atoms with Crippen molar-refractivity contribution in [2.24, 2.45) is 5.92 Å². The standard InChI is InChI=1S/C24H35NO3/c26-23(16-10-2-1-5-11-20-12-6-3-7-13-20)25-22(17-18-24(27)28)19-21-14-8-4-9-15-21/h1-3,6-7,12-13,21-22H,4-5,8-11,14-19H2,(H,25,26)(H,27,28)/b2-1+/t22-/m0/s1. The second kappa shape index (κ2) is 13.1. The van der Waals surface area contributed by atoms with Crippen LogP contribution in [0.5, 0.6) is 0 Å². The Morgan fingerprint density at radius 3 is 2.46 bits per heavy atom. The van der Waals surface area contributed by atoms with E-state index in [1.54, 1.807) is 0 Å². The van der Waals surface area contributed by atoms with E-state index in [1.165, 1.54) is 37.7 Å². The third-order valence-corrected chi connectivity index (χ3v) is 5.56. The van der Waals surface area contributed by atoms with Gasteiger partial charge in [0.15, 0.2) is 0 Å². The molecule has 4 nitrogen and oxygen atoms in total. The van der Waals surface area contributed by atoms with Crippen LogP contribution < -0.4 is 5.32 Å². The lowest BCUT2D eigenvalue weighted by molar-refractivity contribution is -0.137. The zero-order valence-electron chi connectivity index (χ0n) is 16.9. The van der Waals surface area contributed by atoms with Gasteiger partial charge in [-0.2, -0.15) is 0 Å². The first-order chi connectivity index (χ1) is 13.6. The number of hydrogen-bond acceptors (Lipinski definition) is 2. The molecule has 0 aromatic heterocycles. The first-order valence-corrected chi connectivity index (χ1v) is 10.8. The SMILES string of the molecule is O=C(O)CC[C@@H](CC1CCCCC1)NC(=O)CC/C=C/CCc1ccccc1. The monoisotopic (exact) mass is 385 g/mol. The van der Waals surface area contributed by atoms with E-state index in [9.17, 15) is 9.59 Å². The Kier molecular flexibility index (Phi) is 10.4. The summed E-state index contributed by atoms with van der Waals surface area (Å²) in [6.07, 6.45) is 15.2. The van der Waals surface area contributed by atoms with Crippen LogP contribution in [0.3, 0.4) is 0 Å². The number of carbonyl (C=O) groups excluding carboxylic acids is 1. The second-order valence-corrected chi connectivity index (χ2v) is 7.97. The maximum Gasteiger partial charge on any atom is 0.303 e. The maximum atomic E-state index is 12.3. The summed E-state index contributed by atoms with van der Waals surface area (Å²) >= 11 is 0. The predicted octanol–water partition coefficient (Wildman–Crippen LogP) is 5.28. The van der Waals surface area contributed by atoms with Crippen LogP contribution in [0, 0.1) is 5.92 Å². The Morgan fingerprint density at radius 2 is 1.75 bits per heavy atom. The minimum Gasteiger partial charge on any atom is -0.481 e. The number of aliphatic carboxylic acids is 1. The molecule has 1 aliphatic carbocycles. The molecule has 0 radical (unpaired) electrons. The Balaban J connectivity index is 1.67. The molecule has 0 unspecified atom stereocenters. The van der Waals surface area contributed by atoms with Gasteiger partial charge < -0.3 is 10.4 Å². The minimum absolute atomic E-state index is 0.00578. The average molecular weight is 386 g/mol. The third-order valence-electron chi connectivity index (χ3n) is 5.56. The summed E-state index contributed by atoms with van der Waals surface area (Å²) in [6, 6.07) is 10.4. The van der Waals surface area contributed by atoms with Crippen molar-refractivity contribution in [2.75, 3.05) is 0 Å². The molecule has 4 heteroatoms. The van der Waals surface area contributed by atoms with E-state index in [1.807, 2.05) is 6.07 Å². The number of benzene rings is 1. The smallest absolute Gasteiger partial charge is 0.303 e. The first-order valence-electron chi connectivity index (χ1n) is 10.8. The number of carboxylic acids is 1. The van der Waals surface area contributed by atoms with Gasteiger partial charge in [0.25, 0.3) is 0 Å². The summed E-state index contributed by atoms with van der Waals surface area (Å²) in [5.41, 5.74) is 1.33. The molecule has 1 saturated carbocycles. The van der Waals surface area contributed by atoms with Crippen molar-refractivity contribution in [1.82, 2.24) is 5.32 Å². The van der Waals surface area contributed by atoms with Crippen molar-refractivity contribution in [3.05, 3.63) is 48.0 Å². The molecule has 0 aliphatic heterocycles. The molecule has 0 bridgehead atoms. The fourth-order valence-corrected chi connectivity index (χ4v) is 4.02. The third kappa shape index (κ3) is 9.72. The number of carboxylic acid groups (broad SMARTS) is 1. The lowest BCUT2D eigenvalue weighted by atomic mass is 9.84. The van der Waals surface area contributed by atoms with Gasteiger partial charge in [-0.15, -0.1) is 0 Å². The van der Waals surface area contributed by atoms with Crippen LogP contribution >= 0.6 is 0 Å². The molecule has 1 aromatic rings. The summed E-state index contributed by atoms with van der Waals surface area (Å²) < 4.78 is 0. The molecule has 1 amide bonds. The molecular weight excluding hydrogens is 350 g/mol. The van der Waals surface area contributed by atoms with Gasteiger partial charge in [-0.1, -0.05) is 74.6 Å². The zero-order valence-corrected chi connectivity index (χ0v) is 16.9. The van der Waals surface area contributed by atoms with Crippen molar-refractivity contribution in [3.63, 3.8) is 0 Å². The molecule has 0 saturated heterocycles. The van der Waals surface area contributed by atoms with E-state index in [-0.39, 0.29) is 18.4 Å². The number of rotatable bonds is 12. The molecule has 0 heterocycles. The van der Waals surface area contributed by atoms with Crippen molar-refractivity contribution in [1.29, 1.82) is 0 Å². The highest BCUT2D eigenvalue weighted by Crippen LogP contribution is 2.28. The zero-order chi connectivity index (χ0) is 20.0. The van der Waals surface area contributed by atoms with Gasteiger partial charge in [0.1, 0.15) is 0 Å². The highest BCUT2D eigenvalue weighted by Gasteiger charge is 2.21. The second-order valence-electron chi connectivity index (χ2n) is 7.97. The number of carbonyl (C=O) groups is 2. The number of allylic oxidation sites excluding steroid dienone is 2. The van der Waals surface area contributed by atoms with Gasteiger partial charge in [-0.3, -0.25) is 9.59 Å². The van der Waals surface area contributed by atoms with Crippen molar-refractivity contribution < 1.29 is 14.7 Å². The lowest BCUT2D eigenvalue weighted by Gasteiger charge is -2.27. The minimum atomic E-state index is -0.788. The van der Waals surface area contributed by atoms with E-state index in [4.69, 9.17) is 5.11 Å². The molecule has 1 aliphatic rings. The topological polar surface area (TPSA) is 66.4 Å². The molecule has 0 spiro atoms. The molecule has 2 rings (SSSR count). The summed E-state index contributed by atoms with van der Waals surface area (Å²) in [5.74, 6) is -0.117. The summed E-state index contributed by atoms with van der Waals surface area (Å²) in [4.78, 5) is 23.2. The van der Waals surface area contributed by atoms with Crippen LogP contribution in [0.25, 0.3) is 0 Å². The van der Waals surface area contributed by atoms with Crippen LogP contribution in [0.2, 0.25) is 0 Å². The predicted molar refractivity (Wildman–Crippen MR) is 113 cm³/mol. The Bertz CT molecular complexity index is 606. The van der Waals surface area contributed by atoms with Crippen LogP contribution in [-0.2, 0) is 16.0 Å².